The molecule has 0 spiro atoms. The minimum Gasteiger partial charge on any atom is -0.481 e. The first-order chi connectivity index (χ1) is 9.29. The summed E-state index contributed by atoms with van der Waals surface area (Å²) in [5.74, 6) is -1.09. The molecule has 0 saturated heterocycles. The molecule has 0 bridgehead atoms. The monoisotopic (exact) mass is 299 g/mol. The molecule has 1 amide bonds. The van der Waals surface area contributed by atoms with Crippen LogP contribution in [0, 0.1) is 0 Å². The largest absolute Gasteiger partial charge is 0.481 e. The quantitative estimate of drug-likeness (QED) is 0.746. The van der Waals surface area contributed by atoms with Gasteiger partial charge in [0.15, 0.2) is 9.84 Å². The molecule has 6 nitrogen and oxygen atoms in total. The van der Waals surface area contributed by atoms with Gasteiger partial charge in [-0.25, -0.2) is 8.42 Å². The highest BCUT2D eigenvalue weighted by atomic mass is 32.2. The molecule has 0 atom stereocenters. The summed E-state index contributed by atoms with van der Waals surface area (Å²) in [5.41, 5.74) is 0.514. The van der Waals surface area contributed by atoms with Crippen molar-refractivity contribution in [1.29, 1.82) is 0 Å². The van der Waals surface area contributed by atoms with Crippen molar-refractivity contribution in [1.82, 2.24) is 0 Å². The molecule has 0 radical (unpaired) electrons. The Kier molecular flexibility index (Phi) is 5.69. The Bertz CT molecular complexity index is 577. The van der Waals surface area contributed by atoms with Crippen molar-refractivity contribution in [3.63, 3.8) is 0 Å². The molecule has 0 aliphatic carbocycles. The van der Waals surface area contributed by atoms with Crippen molar-refractivity contribution in [3.8, 4) is 0 Å². The van der Waals surface area contributed by atoms with E-state index in [9.17, 15) is 18.0 Å². The number of carboxylic acids is 1. The Morgan fingerprint density at radius 3 is 2.15 bits per heavy atom. The first-order valence-electron chi connectivity index (χ1n) is 6.11. The lowest BCUT2D eigenvalue weighted by molar-refractivity contribution is -0.137. The summed E-state index contributed by atoms with van der Waals surface area (Å²) in [4.78, 5) is 22.1. The summed E-state index contributed by atoms with van der Waals surface area (Å²) in [6.45, 7) is 0. The van der Waals surface area contributed by atoms with Crippen LogP contribution >= 0.6 is 0 Å². The van der Waals surface area contributed by atoms with Crippen LogP contribution in [0.4, 0.5) is 5.69 Å². The number of nitrogens with one attached hydrogen (secondary N) is 1. The maximum absolute atomic E-state index is 11.6. The first-order valence-corrected chi connectivity index (χ1v) is 8.00. The first kappa shape index (κ1) is 16.2. The molecule has 7 heteroatoms. The summed E-state index contributed by atoms with van der Waals surface area (Å²) in [5, 5.41) is 11.1. The third kappa shape index (κ3) is 5.83. The molecule has 0 aliphatic heterocycles. The number of amides is 1. The van der Waals surface area contributed by atoms with Crippen molar-refractivity contribution in [2.75, 3.05) is 11.6 Å². The van der Waals surface area contributed by atoms with Crippen LogP contribution in [0.5, 0.6) is 0 Å². The van der Waals surface area contributed by atoms with E-state index in [1.165, 1.54) is 24.3 Å². The molecule has 0 unspecified atom stereocenters. The number of aliphatic carboxylic acids is 1. The standard InChI is InChI=1S/C13H17NO5S/c1-20(18,19)11-8-6-10(7-9-11)14-12(15)4-2-3-5-13(16)17/h6-9H,2-5H2,1H3,(H,14,15)(H,16,17). The van der Waals surface area contributed by atoms with E-state index in [4.69, 9.17) is 5.11 Å². The minimum absolute atomic E-state index is 0.0519. The summed E-state index contributed by atoms with van der Waals surface area (Å²) >= 11 is 0. The maximum Gasteiger partial charge on any atom is 0.303 e. The topological polar surface area (TPSA) is 101 Å². The van der Waals surface area contributed by atoms with E-state index < -0.39 is 15.8 Å². The molecule has 0 heterocycles. The van der Waals surface area contributed by atoms with Crippen LogP contribution in [-0.4, -0.2) is 31.7 Å². The van der Waals surface area contributed by atoms with Crippen LogP contribution in [0.25, 0.3) is 0 Å². The summed E-state index contributed by atoms with van der Waals surface area (Å²) in [7, 11) is -3.24. The molecule has 0 fully saturated rings. The number of carbonyl (C=O) groups is 2. The van der Waals surface area contributed by atoms with Gasteiger partial charge in [-0.1, -0.05) is 0 Å². The van der Waals surface area contributed by atoms with Crippen LogP contribution in [-0.2, 0) is 19.4 Å². The molecule has 1 rings (SSSR count). The zero-order chi connectivity index (χ0) is 15.2. The second-order valence-electron chi connectivity index (χ2n) is 4.45. The van der Waals surface area contributed by atoms with Gasteiger partial charge in [0, 0.05) is 24.8 Å². The van der Waals surface area contributed by atoms with E-state index >= 15 is 0 Å². The van der Waals surface area contributed by atoms with Gasteiger partial charge in [0.25, 0.3) is 0 Å². The lowest BCUT2D eigenvalue weighted by Crippen LogP contribution is -2.11. The lowest BCUT2D eigenvalue weighted by atomic mass is 10.2. The van der Waals surface area contributed by atoms with Crippen molar-refractivity contribution < 1.29 is 23.1 Å². The maximum atomic E-state index is 11.6. The van der Waals surface area contributed by atoms with Crippen LogP contribution in [0.15, 0.2) is 29.2 Å². The number of rotatable bonds is 7. The van der Waals surface area contributed by atoms with Crippen LogP contribution in [0.3, 0.4) is 0 Å². The Morgan fingerprint density at radius 1 is 1.10 bits per heavy atom. The lowest BCUT2D eigenvalue weighted by Gasteiger charge is -2.05. The van der Waals surface area contributed by atoms with Gasteiger partial charge in [0.1, 0.15) is 0 Å². The van der Waals surface area contributed by atoms with Gasteiger partial charge in [-0.15, -0.1) is 0 Å². The van der Waals surface area contributed by atoms with E-state index in [1.54, 1.807) is 0 Å². The van der Waals surface area contributed by atoms with Crippen molar-refractivity contribution in [2.24, 2.45) is 0 Å². The summed E-state index contributed by atoms with van der Waals surface area (Å²) < 4.78 is 22.5. The van der Waals surface area contributed by atoms with E-state index in [0.717, 1.165) is 6.26 Å². The number of sulfone groups is 1. The highest BCUT2D eigenvalue weighted by molar-refractivity contribution is 7.90. The summed E-state index contributed by atoms with van der Waals surface area (Å²) in [6, 6.07) is 5.89. The second-order valence-corrected chi connectivity index (χ2v) is 6.46. The number of benzene rings is 1. The second kappa shape index (κ2) is 7.04. The third-order valence-corrected chi connectivity index (χ3v) is 3.74. The number of hydrogen-bond acceptors (Lipinski definition) is 4. The highest BCUT2D eigenvalue weighted by Gasteiger charge is 2.07. The van der Waals surface area contributed by atoms with Gasteiger partial charge in [-0.05, 0) is 37.1 Å². The number of hydrogen-bond donors (Lipinski definition) is 2. The fraction of sp³-hybridized carbons (Fsp3) is 0.385. The molecule has 1 aromatic rings. The van der Waals surface area contributed by atoms with Crippen molar-refractivity contribution in [2.45, 2.75) is 30.6 Å². The average Bonchev–Trinajstić information content (AvgIpc) is 2.34. The zero-order valence-corrected chi connectivity index (χ0v) is 11.9. The zero-order valence-electron chi connectivity index (χ0n) is 11.1. The molecule has 0 aromatic heterocycles. The van der Waals surface area contributed by atoms with E-state index in [0.29, 0.717) is 18.5 Å². The molecule has 0 aliphatic rings. The number of anilines is 1. The average molecular weight is 299 g/mol. The molecule has 1 aromatic carbocycles. The highest BCUT2D eigenvalue weighted by Crippen LogP contribution is 2.14. The van der Waals surface area contributed by atoms with Gasteiger partial charge < -0.3 is 10.4 Å². The Hall–Kier alpha value is -1.89. The minimum atomic E-state index is -3.24. The van der Waals surface area contributed by atoms with Gasteiger partial charge in [0.2, 0.25) is 5.91 Å². The molecule has 2 N–H and O–H groups in total. The van der Waals surface area contributed by atoms with Gasteiger partial charge in [-0.3, -0.25) is 9.59 Å². The van der Waals surface area contributed by atoms with Gasteiger partial charge in [-0.2, -0.15) is 0 Å². The van der Waals surface area contributed by atoms with Gasteiger partial charge >= 0.3 is 5.97 Å². The van der Waals surface area contributed by atoms with E-state index in [1.807, 2.05) is 0 Å². The SMILES string of the molecule is CS(=O)(=O)c1ccc(NC(=O)CCCCC(=O)O)cc1. The number of carboxylic acid groups (broad SMARTS) is 1. The normalized spacial score (nSPS) is 11.1. The third-order valence-electron chi connectivity index (χ3n) is 2.61. The summed E-state index contributed by atoms with van der Waals surface area (Å²) in [6.07, 6.45) is 2.36. The Labute approximate surface area is 117 Å². The number of unbranched alkanes of at least 4 members (excludes halogenated alkanes) is 1. The molecule has 0 saturated carbocycles. The van der Waals surface area contributed by atoms with Crippen molar-refractivity contribution >= 4 is 27.4 Å². The Morgan fingerprint density at radius 2 is 1.65 bits per heavy atom. The van der Waals surface area contributed by atoms with Crippen LogP contribution < -0.4 is 5.32 Å². The molecule has 20 heavy (non-hydrogen) atoms. The van der Waals surface area contributed by atoms with Gasteiger partial charge in [0.05, 0.1) is 4.90 Å². The van der Waals surface area contributed by atoms with E-state index in [2.05, 4.69) is 5.32 Å². The fourth-order valence-electron chi connectivity index (χ4n) is 1.57. The number of carbonyl (C=O) groups excluding carboxylic acids is 1. The molecule has 110 valence electrons. The predicted octanol–water partition coefficient (Wildman–Crippen LogP) is 1.67. The molecular weight excluding hydrogens is 282 g/mol. The molecular formula is C13H17NO5S. The smallest absolute Gasteiger partial charge is 0.303 e. The van der Waals surface area contributed by atoms with Crippen molar-refractivity contribution in [3.05, 3.63) is 24.3 Å². The van der Waals surface area contributed by atoms with E-state index in [-0.39, 0.29) is 23.6 Å². The fourth-order valence-corrected chi connectivity index (χ4v) is 2.20. The van der Waals surface area contributed by atoms with Crippen LogP contribution in [0.2, 0.25) is 0 Å². The Balaban J connectivity index is 2.44. The predicted molar refractivity (Wildman–Crippen MR) is 74.3 cm³/mol. The van der Waals surface area contributed by atoms with Crippen LogP contribution in [0.1, 0.15) is 25.7 Å².